The number of rotatable bonds is 8. The molecule has 8 heteroatoms. The quantitative estimate of drug-likeness (QED) is 0.648. The summed E-state index contributed by atoms with van der Waals surface area (Å²) in [5.74, 6) is -0.833. The number of hydrogen-bond donors (Lipinski definition) is 2. The van der Waals surface area contributed by atoms with Crippen molar-refractivity contribution < 1.29 is 18.8 Å². The van der Waals surface area contributed by atoms with Crippen molar-refractivity contribution in [3.05, 3.63) is 58.0 Å². The van der Waals surface area contributed by atoms with Gasteiger partial charge in [0.1, 0.15) is 11.9 Å². The van der Waals surface area contributed by atoms with E-state index < -0.39 is 6.04 Å². The first kappa shape index (κ1) is 21.0. The molecular weight excluding hydrogens is 393 g/mol. The Kier molecular flexibility index (Phi) is 7.35. The van der Waals surface area contributed by atoms with Gasteiger partial charge in [-0.3, -0.25) is 14.4 Å². The average Bonchev–Trinajstić information content (AvgIpc) is 3.39. The van der Waals surface area contributed by atoms with E-state index in [9.17, 15) is 18.8 Å². The molecule has 1 aromatic carbocycles. The minimum Gasteiger partial charge on any atom is -0.354 e. The van der Waals surface area contributed by atoms with E-state index in [2.05, 4.69) is 10.6 Å². The molecule has 1 atom stereocenters. The molecule has 0 spiro atoms. The van der Waals surface area contributed by atoms with Crippen molar-refractivity contribution in [2.75, 3.05) is 19.6 Å². The summed E-state index contributed by atoms with van der Waals surface area (Å²) in [6, 6.07) is 8.74. The topological polar surface area (TPSA) is 78.5 Å². The summed E-state index contributed by atoms with van der Waals surface area (Å²) in [6.07, 6.45) is 2.39. The summed E-state index contributed by atoms with van der Waals surface area (Å²) in [6.45, 7) is 1.41. The van der Waals surface area contributed by atoms with Gasteiger partial charge in [0.25, 0.3) is 5.91 Å². The summed E-state index contributed by atoms with van der Waals surface area (Å²) < 4.78 is 12.9. The number of hydrogen-bond acceptors (Lipinski definition) is 4. The van der Waals surface area contributed by atoms with Gasteiger partial charge in [-0.2, -0.15) is 0 Å². The van der Waals surface area contributed by atoms with Crippen LogP contribution in [0, 0.1) is 5.82 Å². The molecule has 1 aliphatic rings. The summed E-state index contributed by atoms with van der Waals surface area (Å²) in [5.41, 5.74) is 0.390. The zero-order valence-electron chi connectivity index (χ0n) is 16.0. The third-order valence-electron chi connectivity index (χ3n) is 4.83. The number of halogens is 1. The molecule has 0 bridgehead atoms. The highest BCUT2D eigenvalue weighted by Gasteiger charge is 2.33. The molecule has 6 nitrogen and oxygen atoms in total. The number of likely N-dealkylation sites (tertiary alicyclic amines) is 1. The van der Waals surface area contributed by atoms with E-state index in [4.69, 9.17) is 0 Å². The lowest BCUT2D eigenvalue weighted by Gasteiger charge is -2.24. The Balaban J connectivity index is 1.37. The molecule has 0 unspecified atom stereocenters. The fraction of sp³-hybridized carbons (Fsp3) is 0.381. The second-order valence-corrected chi connectivity index (χ2v) is 7.94. The molecule has 0 radical (unpaired) electrons. The van der Waals surface area contributed by atoms with Crippen molar-refractivity contribution in [1.29, 1.82) is 0 Å². The summed E-state index contributed by atoms with van der Waals surface area (Å²) in [5, 5.41) is 7.53. The Morgan fingerprint density at radius 2 is 1.86 bits per heavy atom. The van der Waals surface area contributed by atoms with E-state index in [1.165, 1.54) is 35.6 Å². The van der Waals surface area contributed by atoms with Crippen molar-refractivity contribution in [2.24, 2.45) is 0 Å². The predicted molar refractivity (Wildman–Crippen MR) is 109 cm³/mol. The molecule has 154 valence electrons. The van der Waals surface area contributed by atoms with Crippen LogP contribution in [0.5, 0.6) is 0 Å². The van der Waals surface area contributed by atoms with Crippen LogP contribution >= 0.6 is 11.3 Å². The third kappa shape index (κ3) is 5.87. The van der Waals surface area contributed by atoms with Crippen LogP contribution in [0.4, 0.5) is 4.39 Å². The predicted octanol–water partition coefficient (Wildman–Crippen LogP) is 2.36. The van der Waals surface area contributed by atoms with E-state index in [1.54, 1.807) is 4.90 Å². The van der Waals surface area contributed by atoms with Gasteiger partial charge >= 0.3 is 0 Å². The highest BCUT2D eigenvalue weighted by molar-refractivity contribution is 7.10. The van der Waals surface area contributed by atoms with Crippen molar-refractivity contribution in [3.8, 4) is 0 Å². The maximum absolute atomic E-state index is 12.9. The van der Waals surface area contributed by atoms with Gasteiger partial charge in [-0.05, 0) is 55.0 Å². The molecule has 1 aliphatic heterocycles. The van der Waals surface area contributed by atoms with Crippen LogP contribution in [-0.4, -0.2) is 48.3 Å². The van der Waals surface area contributed by atoms with Crippen LogP contribution in [0.15, 0.2) is 41.8 Å². The number of thiophene rings is 1. The SMILES string of the molecule is O=C(NCCCNC(=O)[C@@H]1CCCN1C(=O)Cc1cccs1)c1ccc(F)cc1. The molecule has 29 heavy (non-hydrogen) atoms. The van der Waals surface area contributed by atoms with Crippen LogP contribution < -0.4 is 10.6 Å². The van der Waals surface area contributed by atoms with Crippen molar-refractivity contribution in [1.82, 2.24) is 15.5 Å². The first-order valence-electron chi connectivity index (χ1n) is 9.68. The maximum atomic E-state index is 12.9. The summed E-state index contributed by atoms with van der Waals surface area (Å²) >= 11 is 1.54. The van der Waals surface area contributed by atoms with Crippen LogP contribution in [0.3, 0.4) is 0 Å². The lowest BCUT2D eigenvalue weighted by Crippen LogP contribution is -2.46. The second kappa shape index (κ2) is 10.2. The minimum absolute atomic E-state index is 0.0170. The molecule has 2 N–H and O–H groups in total. The lowest BCUT2D eigenvalue weighted by molar-refractivity contribution is -0.137. The normalized spacial score (nSPS) is 15.9. The smallest absolute Gasteiger partial charge is 0.251 e. The van der Waals surface area contributed by atoms with Crippen LogP contribution in [0.2, 0.25) is 0 Å². The van der Waals surface area contributed by atoms with E-state index in [1.807, 2.05) is 17.5 Å². The highest BCUT2D eigenvalue weighted by Crippen LogP contribution is 2.20. The lowest BCUT2D eigenvalue weighted by atomic mass is 10.2. The first-order chi connectivity index (χ1) is 14.0. The molecule has 1 aromatic heterocycles. The summed E-state index contributed by atoms with van der Waals surface area (Å²) in [4.78, 5) is 39.6. The van der Waals surface area contributed by atoms with Gasteiger partial charge in [0.15, 0.2) is 0 Å². The number of carbonyl (C=O) groups is 3. The molecular formula is C21H24FN3O3S. The molecule has 2 aromatic rings. The van der Waals surface area contributed by atoms with Gasteiger partial charge in [0.2, 0.25) is 11.8 Å². The van der Waals surface area contributed by atoms with Gasteiger partial charge in [0.05, 0.1) is 6.42 Å². The standard InChI is InChI=1S/C21H24FN3O3S/c22-16-8-6-15(7-9-16)20(27)23-10-3-11-24-21(28)18-5-1-12-25(18)19(26)14-17-4-2-13-29-17/h2,4,6-9,13,18H,1,3,5,10-12,14H2,(H,23,27)(H,24,28)/t18-/m0/s1. The Morgan fingerprint density at radius 1 is 1.10 bits per heavy atom. The van der Waals surface area contributed by atoms with Crippen molar-refractivity contribution in [3.63, 3.8) is 0 Å². The van der Waals surface area contributed by atoms with Gasteiger partial charge in [-0.25, -0.2) is 4.39 Å². The van der Waals surface area contributed by atoms with Crippen LogP contribution in [0.1, 0.15) is 34.5 Å². The van der Waals surface area contributed by atoms with Gasteiger partial charge in [-0.15, -0.1) is 11.3 Å². The minimum atomic E-state index is -0.420. The fourth-order valence-corrected chi connectivity index (χ4v) is 4.02. The van der Waals surface area contributed by atoms with E-state index in [0.717, 1.165) is 11.3 Å². The van der Waals surface area contributed by atoms with Gasteiger partial charge < -0.3 is 15.5 Å². The Labute approximate surface area is 173 Å². The summed E-state index contributed by atoms with van der Waals surface area (Å²) in [7, 11) is 0. The zero-order valence-corrected chi connectivity index (χ0v) is 16.8. The Morgan fingerprint density at radius 3 is 2.59 bits per heavy atom. The molecule has 0 aliphatic carbocycles. The van der Waals surface area contributed by atoms with Gasteiger partial charge in [0, 0.05) is 30.1 Å². The number of carbonyl (C=O) groups excluding carboxylic acids is 3. The number of nitrogens with zero attached hydrogens (tertiary/aromatic N) is 1. The van der Waals surface area contributed by atoms with E-state index >= 15 is 0 Å². The number of benzene rings is 1. The third-order valence-corrected chi connectivity index (χ3v) is 5.70. The van der Waals surface area contributed by atoms with Gasteiger partial charge in [-0.1, -0.05) is 6.07 Å². The molecule has 1 fully saturated rings. The monoisotopic (exact) mass is 417 g/mol. The number of nitrogens with one attached hydrogen (secondary N) is 2. The Bertz CT molecular complexity index is 839. The van der Waals surface area contributed by atoms with E-state index in [0.29, 0.717) is 44.5 Å². The maximum Gasteiger partial charge on any atom is 0.251 e. The van der Waals surface area contributed by atoms with Crippen LogP contribution in [0.25, 0.3) is 0 Å². The first-order valence-corrected chi connectivity index (χ1v) is 10.6. The molecule has 1 saturated heterocycles. The van der Waals surface area contributed by atoms with Crippen molar-refractivity contribution in [2.45, 2.75) is 31.7 Å². The molecule has 3 rings (SSSR count). The molecule has 3 amide bonds. The van der Waals surface area contributed by atoms with Crippen molar-refractivity contribution >= 4 is 29.1 Å². The Hall–Kier alpha value is -2.74. The second-order valence-electron chi connectivity index (χ2n) is 6.91. The molecule has 0 saturated carbocycles. The largest absolute Gasteiger partial charge is 0.354 e. The van der Waals surface area contributed by atoms with Crippen LogP contribution in [-0.2, 0) is 16.0 Å². The zero-order chi connectivity index (χ0) is 20.6. The number of amides is 3. The highest BCUT2D eigenvalue weighted by atomic mass is 32.1. The fourth-order valence-electron chi connectivity index (χ4n) is 3.32. The molecule has 2 heterocycles. The average molecular weight is 418 g/mol. The van der Waals surface area contributed by atoms with E-state index in [-0.39, 0.29) is 23.5 Å².